The van der Waals surface area contributed by atoms with Gasteiger partial charge in [-0.25, -0.2) is 9.37 Å². The van der Waals surface area contributed by atoms with Crippen molar-refractivity contribution in [3.63, 3.8) is 0 Å². The largest absolute Gasteiger partial charge is 0.466 e. The molecule has 6 nitrogen and oxygen atoms in total. The Kier molecular flexibility index (Phi) is 6.49. The fraction of sp³-hybridized carbons (Fsp3) is 0.421. The number of hydrogen-bond donors (Lipinski definition) is 0. The van der Waals surface area contributed by atoms with Crippen LogP contribution in [0.15, 0.2) is 41.8 Å². The second-order valence-electron chi connectivity index (χ2n) is 6.26. The summed E-state index contributed by atoms with van der Waals surface area (Å²) in [5.41, 5.74) is 0.665. The number of rotatable bonds is 6. The van der Waals surface area contributed by atoms with Crippen LogP contribution in [0.4, 0.5) is 4.39 Å². The summed E-state index contributed by atoms with van der Waals surface area (Å²) in [4.78, 5) is 30.3. The van der Waals surface area contributed by atoms with Gasteiger partial charge in [-0.3, -0.25) is 14.2 Å². The van der Waals surface area contributed by atoms with Gasteiger partial charge in [0, 0.05) is 25.5 Å². The molecule has 0 spiro atoms. The maximum Gasteiger partial charge on any atom is 0.309 e. The monoisotopic (exact) mass is 391 g/mol. The molecule has 3 rings (SSSR count). The number of ether oxygens (including phenoxy) is 1. The fourth-order valence-electron chi connectivity index (χ4n) is 3.06. The molecule has 2 heterocycles. The Morgan fingerprint density at radius 1 is 1.33 bits per heavy atom. The summed E-state index contributed by atoms with van der Waals surface area (Å²) in [5.74, 6) is -0.352. The van der Waals surface area contributed by atoms with Gasteiger partial charge in [0.1, 0.15) is 5.82 Å². The lowest BCUT2D eigenvalue weighted by atomic mass is 9.97. The van der Waals surface area contributed by atoms with E-state index in [1.807, 2.05) is 0 Å². The van der Waals surface area contributed by atoms with Crippen molar-refractivity contribution in [1.82, 2.24) is 14.5 Å². The van der Waals surface area contributed by atoms with Gasteiger partial charge in [-0.15, -0.1) is 0 Å². The number of nitrogens with zero attached hydrogens (tertiary/aromatic N) is 3. The Morgan fingerprint density at radius 3 is 2.81 bits per heavy atom. The molecule has 27 heavy (non-hydrogen) atoms. The molecule has 1 saturated heterocycles. The molecule has 1 aromatic carbocycles. The van der Waals surface area contributed by atoms with Gasteiger partial charge in [-0.05, 0) is 38.0 Å². The Balaban J connectivity index is 1.54. The van der Waals surface area contributed by atoms with E-state index in [1.165, 1.54) is 23.9 Å². The molecule has 2 aromatic rings. The smallest absolute Gasteiger partial charge is 0.309 e. The Labute approximate surface area is 161 Å². The third kappa shape index (κ3) is 4.88. The van der Waals surface area contributed by atoms with Crippen LogP contribution in [0, 0.1) is 11.7 Å². The van der Waals surface area contributed by atoms with Gasteiger partial charge in [-0.1, -0.05) is 17.8 Å². The Morgan fingerprint density at radius 2 is 2.11 bits per heavy atom. The summed E-state index contributed by atoms with van der Waals surface area (Å²) >= 11 is 1.32. The molecule has 0 bridgehead atoms. The molecular weight excluding hydrogens is 369 g/mol. The topological polar surface area (TPSA) is 64.4 Å². The Hall–Kier alpha value is -2.35. The van der Waals surface area contributed by atoms with Crippen molar-refractivity contribution in [1.29, 1.82) is 0 Å². The summed E-state index contributed by atoms with van der Waals surface area (Å²) in [6.45, 7) is 3.29. The first-order chi connectivity index (χ1) is 13.1. The van der Waals surface area contributed by atoms with Gasteiger partial charge < -0.3 is 9.64 Å². The predicted octanol–water partition coefficient (Wildman–Crippen LogP) is 2.91. The molecule has 1 aromatic heterocycles. The minimum Gasteiger partial charge on any atom is -0.466 e. The number of aromatic nitrogens is 2. The fourth-order valence-corrected chi connectivity index (χ4v) is 3.94. The van der Waals surface area contributed by atoms with Crippen LogP contribution >= 0.6 is 11.8 Å². The van der Waals surface area contributed by atoms with Crippen LogP contribution < -0.4 is 0 Å². The van der Waals surface area contributed by atoms with Crippen LogP contribution in [0.1, 0.15) is 19.8 Å². The molecule has 0 unspecified atom stereocenters. The van der Waals surface area contributed by atoms with Crippen molar-refractivity contribution in [2.75, 3.05) is 25.4 Å². The molecule has 0 saturated carbocycles. The van der Waals surface area contributed by atoms with Crippen LogP contribution in [-0.4, -0.2) is 51.8 Å². The standard InChI is InChI=1S/C19H22FN3O3S/c1-2-26-18(25)14-6-9-22(10-7-14)17(24)13-27-19-21-8-11-23(19)16-5-3-4-15(20)12-16/h3-5,8,11-12,14H,2,6-7,9-10,13H2,1H3. The highest BCUT2D eigenvalue weighted by Crippen LogP contribution is 2.23. The lowest BCUT2D eigenvalue weighted by Gasteiger charge is -2.30. The van der Waals surface area contributed by atoms with Gasteiger partial charge >= 0.3 is 5.97 Å². The molecule has 0 aliphatic carbocycles. The molecule has 0 radical (unpaired) electrons. The van der Waals surface area contributed by atoms with Crippen molar-refractivity contribution < 1.29 is 18.7 Å². The van der Waals surface area contributed by atoms with Gasteiger partial charge in [0.05, 0.1) is 24.0 Å². The van der Waals surface area contributed by atoms with Crippen molar-refractivity contribution >= 4 is 23.6 Å². The quantitative estimate of drug-likeness (QED) is 0.560. The zero-order valence-electron chi connectivity index (χ0n) is 15.1. The highest BCUT2D eigenvalue weighted by Gasteiger charge is 2.28. The van der Waals surface area contributed by atoms with Gasteiger partial charge in [-0.2, -0.15) is 0 Å². The second-order valence-corrected chi connectivity index (χ2v) is 7.20. The minimum atomic E-state index is -0.322. The number of halogens is 1. The van der Waals surface area contributed by atoms with Crippen LogP contribution in [-0.2, 0) is 14.3 Å². The van der Waals surface area contributed by atoms with Gasteiger partial charge in [0.2, 0.25) is 5.91 Å². The zero-order valence-corrected chi connectivity index (χ0v) is 16.0. The van der Waals surface area contributed by atoms with Gasteiger partial charge in [0.25, 0.3) is 0 Å². The third-order valence-corrected chi connectivity index (χ3v) is 5.44. The number of benzene rings is 1. The van der Waals surface area contributed by atoms with E-state index < -0.39 is 0 Å². The van der Waals surface area contributed by atoms with E-state index in [-0.39, 0.29) is 29.4 Å². The summed E-state index contributed by atoms with van der Waals surface area (Å²) < 4.78 is 20.3. The minimum absolute atomic E-state index is 0.0103. The number of thioether (sulfide) groups is 1. The summed E-state index contributed by atoms with van der Waals surface area (Å²) in [6, 6.07) is 6.24. The van der Waals surface area contributed by atoms with Crippen LogP contribution in [0.2, 0.25) is 0 Å². The first-order valence-electron chi connectivity index (χ1n) is 8.95. The van der Waals surface area contributed by atoms with Crippen LogP contribution in [0.5, 0.6) is 0 Å². The normalized spacial score (nSPS) is 15.0. The zero-order chi connectivity index (χ0) is 19.2. The molecule has 0 atom stereocenters. The number of carbonyl (C=O) groups is 2. The van der Waals surface area contributed by atoms with Crippen molar-refractivity contribution in [2.45, 2.75) is 24.9 Å². The van der Waals surface area contributed by atoms with Crippen LogP contribution in [0.25, 0.3) is 5.69 Å². The lowest BCUT2D eigenvalue weighted by molar-refractivity contribution is -0.151. The van der Waals surface area contributed by atoms with E-state index >= 15 is 0 Å². The summed E-state index contributed by atoms with van der Waals surface area (Å²) in [6.07, 6.45) is 4.63. The number of esters is 1. The predicted molar refractivity (Wildman–Crippen MR) is 100 cm³/mol. The van der Waals surface area contributed by atoms with Crippen molar-refractivity contribution in [3.8, 4) is 5.69 Å². The summed E-state index contributed by atoms with van der Waals surface area (Å²) in [5, 5.41) is 0.635. The third-order valence-electron chi connectivity index (χ3n) is 4.49. The van der Waals surface area contributed by atoms with Gasteiger partial charge in [0.15, 0.2) is 5.16 Å². The number of likely N-dealkylation sites (tertiary alicyclic amines) is 1. The maximum absolute atomic E-state index is 13.5. The van der Waals surface area contributed by atoms with E-state index in [2.05, 4.69) is 4.98 Å². The lowest BCUT2D eigenvalue weighted by Crippen LogP contribution is -2.41. The van der Waals surface area contributed by atoms with Crippen molar-refractivity contribution in [3.05, 3.63) is 42.5 Å². The van der Waals surface area contributed by atoms with E-state index in [0.717, 1.165) is 0 Å². The van der Waals surface area contributed by atoms with E-state index in [0.29, 0.717) is 43.4 Å². The number of carbonyl (C=O) groups excluding carboxylic acids is 2. The van der Waals surface area contributed by atoms with Crippen LogP contribution in [0.3, 0.4) is 0 Å². The van der Waals surface area contributed by atoms with E-state index in [4.69, 9.17) is 4.74 Å². The number of piperidine rings is 1. The maximum atomic E-state index is 13.5. The molecule has 8 heteroatoms. The summed E-state index contributed by atoms with van der Waals surface area (Å²) in [7, 11) is 0. The highest BCUT2D eigenvalue weighted by molar-refractivity contribution is 7.99. The van der Waals surface area contributed by atoms with Crippen molar-refractivity contribution in [2.24, 2.45) is 5.92 Å². The average Bonchev–Trinajstić information content (AvgIpc) is 3.15. The number of amides is 1. The molecular formula is C19H22FN3O3S. The Bertz CT molecular complexity index is 803. The molecule has 0 N–H and O–H groups in total. The molecule has 1 aliphatic heterocycles. The second kappa shape index (κ2) is 9.03. The first-order valence-corrected chi connectivity index (χ1v) is 9.93. The average molecular weight is 391 g/mol. The highest BCUT2D eigenvalue weighted by atomic mass is 32.2. The number of hydrogen-bond acceptors (Lipinski definition) is 5. The van der Waals surface area contributed by atoms with E-state index in [9.17, 15) is 14.0 Å². The molecule has 1 aliphatic rings. The van der Waals surface area contributed by atoms with E-state index in [1.54, 1.807) is 40.9 Å². The molecule has 1 amide bonds. The molecule has 144 valence electrons. The first kappa shape index (κ1) is 19.4. The SMILES string of the molecule is CCOC(=O)C1CCN(C(=O)CSc2nccn2-c2cccc(F)c2)CC1. The number of imidazole rings is 1. The molecule has 1 fully saturated rings.